The third kappa shape index (κ3) is 4.21. The molecule has 0 atom stereocenters. The van der Waals surface area contributed by atoms with Crippen LogP contribution in [0.5, 0.6) is 5.75 Å². The molecule has 0 aliphatic rings. The molecule has 130 valence electrons. The van der Waals surface area contributed by atoms with Crippen molar-refractivity contribution in [3.05, 3.63) is 41.6 Å². The van der Waals surface area contributed by atoms with Crippen LogP contribution in [0.2, 0.25) is 0 Å². The van der Waals surface area contributed by atoms with Gasteiger partial charge in [0.1, 0.15) is 23.2 Å². The minimum atomic E-state index is -0.847. The molecule has 6 nitrogen and oxygen atoms in total. The van der Waals surface area contributed by atoms with Gasteiger partial charge in [0, 0.05) is 30.3 Å². The van der Waals surface area contributed by atoms with Crippen LogP contribution < -0.4 is 10.6 Å². The van der Waals surface area contributed by atoms with E-state index in [0.29, 0.717) is 5.82 Å². The van der Waals surface area contributed by atoms with Gasteiger partial charge in [0.15, 0.2) is 0 Å². The van der Waals surface area contributed by atoms with Gasteiger partial charge in [-0.3, -0.25) is 5.32 Å². The lowest BCUT2D eigenvalue weighted by atomic mass is 10.1. The summed E-state index contributed by atoms with van der Waals surface area (Å²) in [5.74, 6) is -1.65. The molecular formula is C16H20F2N4O2. The van der Waals surface area contributed by atoms with Crippen molar-refractivity contribution in [2.75, 3.05) is 11.9 Å². The van der Waals surface area contributed by atoms with Crippen LogP contribution in [0.1, 0.15) is 26.3 Å². The van der Waals surface area contributed by atoms with Crippen LogP contribution >= 0.6 is 0 Å². The molecule has 0 unspecified atom stereocenters. The van der Waals surface area contributed by atoms with Crippen molar-refractivity contribution < 1.29 is 18.7 Å². The minimum absolute atomic E-state index is 0.0358. The number of halogens is 2. The lowest BCUT2D eigenvalue weighted by Gasteiger charge is -2.22. The Kier molecular flexibility index (Phi) is 5.06. The summed E-state index contributed by atoms with van der Waals surface area (Å²) in [6, 6.07) is 2.82. The second-order valence-electron chi connectivity index (χ2n) is 6.32. The molecular weight excluding hydrogens is 318 g/mol. The SMILES string of the molecule is CC(C)(C)n1nccc1NC(=O)NCCc1c(F)cc(O)cc1F. The summed E-state index contributed by atoms with van der Waals surface area (Å²) >= 11 is 0. The van der Waals surface area contributed by atoms with E-state index < -0.39 is 23.4 Å². The van der Waals surface area contributed by atoms with Crippen LogP contribution in [0.25, 0.3) is 0 Å². The molecule has 0 aliphatic heterocycles. The number of amides is 2. The van der Waals surface area contributed by atoms with Gasteiger partial charge < -0.3 is 10.4 Å². The quantitative estimate of drug-likeness (QED) is 0.802. The molecule has 1 aromatic carbocycles. The standard InChI is InChI=1S/C16H20F2N4O2/c1-16(2,3)22-14(5-7-20-22)21-15(24)19-6-4-11-12(17)8-10(23)9-13(11)18/h5,7-9,23H,4,6H2,1-3H3,(H2,19,21,24). The first kappa shape index (κ1) is 17.7. The number of nitrogens with one attached hydrogen (secondary N) is 2. The first-order valence-corrected chi connectivity index (χ1v) is 7.44. The molecule has 1 heterocycles. The molecule has 2 rings (SSSR count). The van der Waals surface area contributed by atoms with Crippen molar-refractivity contribution in [2.24, 2.45) is 0 Å². The number of nitrogens with zero attached hydrogens (tertiary/aromatic N) is 2. The number of carbonyl (C=O) groups excluding carboxylic acids is 1. The number of phenolic OH excluding ortho intramolecular Hbond substituents is 1. The van der Waals surface area contributed by atoms with Crippen LogP contribution in [0, 0.1) is 11.6 Å². The fourth-order valence-electron chi connectivity index (χ4n) is 2.22. The molecule has 2 amide bonds. The Labute approximate surface area is 138 Å². The smallest absolute Gasteiger partial charge is 0.320 e. The van der Waals surface area contributed by atoms with Gasteiger partial charge in [-0.05, 0) is 27.2 Å². The number of aromatic hydroxyl groups is 1. The highest BCUT2D eigenvalue weighted by atomic mass is 19.1. The van der Waals surface area contributed by atoms with Gasteiger partial charge in [0.05, 0.1) is 11.7 Å². The molecule has 2 aromatic rings. The zero-order chi connectivity index (χ0) is 17.9. The van der Waals surface area contributed by atoms with Crippen LogP contribution in [-0.2, 0) is 12.0 Å². The number of rotatable bonds is 4. The molecule has 0 spiro atoms. The first-order chi connectivity index (χ1) is 11.2. The number of hydrogen-bond acceptors (Lipinski definition) is 3. The van der Waals surface area contributed by atoms with Crippen LogP contribution in [0.4, 0.5) is 19.4 Å². The summed E-state index contributed by atoms with van der Waals surface area (Å²) < 4.78 is 28.8. The van der Waals surface area contributed by atoms with Gasteiger partial charge in [-0.2, -0.15) is 5.10 Å². The summed E-state index contributed by atoms with van der Waals surface area (Å²) in [6.07, 6.45) is 1.53. The number of urea groups is 1. The van der Waals surface area contributed by atoms with Crippen LogP contribution in [0.15, 0.2) is 24.4 Å². The highest BCUT2D eigenvalue weighted by molar-refractivity contribution is 5.88. The maximum Gasteiger partial charge on any atom is 0.320 e. The molecule has 1 aromatic heterocycles. The van der Waals surface area contributed by atoms with Gasteiger partial charge in [0.2, 0.25) is 0 Å². The summed E-state index contributed by atoms with van der Waals surface area (Å²) in [5, 5.41) is 18.4. The number of benzene rings is 1. The minimum Gasteiger partial charge on any atom is -0.508 e. The van der Waals surface area contributed by atoms with Crippen molar-refractivity contribution >= 4 is 11.8 Å². The van der Waals surface area contributed by atoms with Gasteiger partial charge in [-0.25, -0.2) is 18.3 Å². The van der Waals surface area contributed by atoms with Crippen molar-refractivity contribution in [3.8, 4) is 5.75 Å². The van der Waals surface area contributed by atoms with Gasteiger partial charge >= 0.3 is 6.03 Å². The molecule has 0 bridgehead atoms. The van der Waals surface area contributed by atoms with E-state index in [1.54, 1.807) is 16.9 Å². The molecule has 8 heteroatoms. The number of anilines is 1. The predicted octanol–water partition coefficient (Wildman–Crippen LogP) is 2.99. The Morgan fingerprint density at radius 1 is 1.29 bits per heavy atom. The van der Waals surface area contributed by atoms with Crippen molar-refractivity contribution in [3.63, 3.8) is 0 Å². The van der Waals surface area contributed by atoms with E-state index in [2.05, 4.69) is 15.7 Å². The van der Waals surface area contributed by atoms with E-state index >= 15 is 0 Å². The van der Waals surface area contributed by atoms with E-state index in [1.807, 2.05) is 20.8 Å². The third-order valence-corrected chi connectivity index (χ3v) is 3.31. The van der Waals surface area contributed by atoms with Crippen LogP contribution in [0.3, 0.4) is 0 Å². The van der Waals surface area contributed by atoms with E-state index in [4.69, 9.17) is 5.11 Å². The van der Waals surface area contributed by atoms with E-state index in [0.717, 1.165) is 12.1 Å². The Bertz CT molecular complexity index is 715. The Hall–Kier alpha value is -2.64. The fraction of sp³-hybridized carbons (Fsp3) is 0.375. The zero-order valence-electron chi connectivity index (χ0n) is 13.7. The molecule has 0 saturated heterocycles. The van der Waals surface area contributed by atoms with Crippen molar-refractivity contribution in [1.82, 2.24) is 15.1 Å². The summed E-state index contributed by atoms with van der Waals surface area (Å²) in [7, 11) is 0. The average Bonchev–Trinajstić information content (AvgIpc) is 2.89. The number of aromatic nitrogens is 2. The maximum atomic E-state index is 13.6. The van der Waals surface area contributed by atoms with Crippen molar-refractivity contribution in [1.29, 1.82) is 0 Å². The Morgan fingerprint density at radius 2 is 1.92 bits per heavy atom. The normalized spacial score (nSPS) is 11.4. The summed E-state index contributed by atoms with van der Waals surface area (Å²) in [6.45, 7) is 5.87. The second-order valence-corrected chi connectivity index (χ2v) is 6.32. The topological polar surface area (TPSA) is 79.2 Å². The highest BCUT2D eigenvalue weighted by Crippen LogP contribution is 2.20. The Balaban J connectivity index is 1.92. The van der Waals surface area contributed by atoms with Gasteiger partial charge in [-0.1, -0.05) is 0 Å². The van der Waals surface area contributed by atoms with E-state index in [1.165, 1.54) is 0 Å². The fourth-order valence-corrected chi connectivity index (χ4v) is 2.22. The average molecular weight is 338 g/mol. The summed E-state index contributed by atoms with van der Waals surface area (Å²) in [4.78, 5) is 11.9. The van der Waals surface area contributed by atoms with Gasteiger partial charge in [0.25, 0.3) is 0 Å². The molecule has 0 saturated carbocycles. The molecule has 0 radical (unpaired) electrons. The van der Waals surface area contributed by atoms with Crippen LogP contribution in [-0.4, -0.2) is 27.5 Å². The second kappa shape index (κ2) is 6.86. The van der Waals surface area contributed by atoms with Crippen molar-refractivity contribution in [2.45, 2.75) is 32.7 Å². The highest BCUT2D eigenvalue weighted by Gasteiger charge is 2.18. The largest absolute Gasteiger partial charge is 0.508 e. The molecule has 0 aliphatic carbocycles. The lowest BCUT2D eigenvalue weighted by Crippen LogP contribution is -2.33. The van der Waals surface area contributed by atoms with E-state index in [-0.39, 0.29) is 24.1 Å². The maximum absolute atomic E-state index is 13.6. The number of carbonyl (C=O) groups is 1. The monoisotopic (exact) mass is 338 g/mol. The predicted molar refractivity (Wildman–Crippen MR) is 86.0 cm³/mol. The first-order valence-electron chi connectivity index (χ1n) is 7.44. The zero-order valence-corrected chi connectivity index (χ0v) is 13.7. The number of phenols is 1. The number of hydrogen-bond donors (Lipinski definition) is 3. The Morgan fingerprint density at radius 3 is 2.50 bits per heavy atom. The third-order valence-electron chi connectivity index (χ3n) is 3.31. The van der Waals surface area contributed by atoms with E-state index in [9.17, 15) is 13.6 Å². The lowest BCUT2D eigenvalue weighted by molar-refractivity contribution is 0.251. The molecule has 0 fully saturated rings. The molecule has 24 heavy (non-hydrogen) atoms. The summed E-state index contributed by atoms with van der Waals surface area (Å²) in [5.41, 5.74) is -0.488. The molecule has 3 N–H and O–H groups in total. The van der Waals surface area contributed by atoms with Gasteiger partial charge in [-0.15, -0.1) is 0 Å².